The lowest BCUT2D eigenvalue weighted by Crippen LogP contribution is -2.06. The molecule has 1 unspecified atom stereocenters. The molecule has 2 aromatic rings. The van der Waals surface area contributed by atoms with Gasteiger partial charge in [0.15, 0.2) is 0 Å². The molecule has 0 spiro atoms. The summed E-state index contributed by atoms with van der Waals surface area (Å²) in [5, 5.41) is 3.58. The molecule has 1 aliphatic rings. The summed E-state index contributed by atoms with van der Waals surface area (Å²) in [6, 6.07) is 17.1. The van der Waals surface area contributed by atoms with Crippen LogP contribution in [0, 0.1) is 12.3 Å². The van der Waals surface area contributed by atoms with Crippen LogP contribution in [0.4, 0.5) is 5.69 Å². The second-order valence-corrected chi connectivity index (χ2v) is 4.66. The lowest BCUT2D eigenvalue weighted by atomic mass is 10.1. The van der Waals surface area contributed by atoms with Crippen molar-refractivity contribution in [1.82, 2.24) is 0 Å². The smallest absolute Gasteiger partial charge is 0.0519 e. The highest BCUT2D eigenvalue weighted by atomic mass is 14.9. The molecule has 0 aromatic heterocycles. The summed E-state index contributed by atoms with van der Waals surface area (Å²) in [6.07, 6.45) is 7.73. The zero-order chi connectivity index (χ0) is 12.4. The third kappa shape index (κ3) is 1.98. The number of benzene rings is 2. The quantitative estimate of drug-likeness (QED) is 0.779. The van der Waals surface area contributed by atoms with Gasteiger partial charge in [0.05, 0.1) is 6.04 Å². The maximum Gasteiger partial charge on any atom is 0.0519 e. The number of hydrogen-bond donors (Lipinski definition) is 1. The summed E-state index contributed by atoms with van der Waals surface area (Å²) in [6.45, 7) is 0. The lowest BCUT2D eigenvalue weighted by molar-refractivity contribution is 0.762. The van der Waals surface area contributed by atoms with E-state index in [-0.39, 0.29) is 0 Å². The van der Waals surface area contributed by atoms with Gasteiger partial charge in [0, 0.05) is 11.3 Å². The van der Waals surface area contributed by atoms with Crippen LogP contribution in [-0.4, -0.2) is 0 Å². The molecular weight excluding hydrogens is 218 g/mol. The van der Waals surface area contributed by atoms with Crippen molar-refractivity contribution in [1.29, 1.82) is 0 Å². The number of fused-ring (bicyclic) bond motifs is 1. The van der Waals surface area contributed by atoms with Gasteiger partial charge in [0.25, 0.3) is 0 Å². The Balaban J connectivity index is 1.84. The molecule has 0 bridgehead atoms. The Labute approximate surface area is 108 Å². The number of rotatable bonds is 2. The van der Waals surface area contributed by atoms with Gasteiger partial charge in [0.2, 0.25) is 0 Å². The standard InChI is InChI=1S/C17H15N/c1-2-13-6-5-8-15(12-13)18-17-11-10-14-7-3-4-9-16(14)17/h1,3-9,12,17-18H,10-11H2. The fraction of sp³-hybridized carbons (Fsp3) is 0.176. The predicted molar refractivity (Wildman–Crippen MR) is 75.5 cm³/mol. The maximum atomic E-state index is 5.43. The first-order valence-electron chi connectivity index (χ1n) is 6.28. The lowest BCUT2D eigenvalue weighted by Gasteiger charge is -2.15. The van der Waals surface area contributed by atoms with Gasteiger partial charge < -0.3 is 5.32 Å². The van der Waals surface area contributed by atoms with Crippen LogP contribution in [-0.2, 0) is 6.42 Å². The van der Waals surface area contributed by atoms with E-state index < -0.39 is 0 Å². The van der Waals surface area contributed by atoms with E-state index in [1.807, 2.05) is 18.2 Å². The van der Waals surface area contributed by atoms with Gasteiger partial charge in [-0.3, -0.25) is 0 Å². The maximum absolute atomic E-state index is 5.43. The molecule has 0 saturated carbocycles. The zero-order valence-corrected chi connectivity index (χ0v) is 10.2. The molecule has 18 heavy (non-hydrogen) atoms. The largest absolute Gasteiger partial charge is 0.378 e. The van der Waals surface area contributed by atoms with E-state index in [0.717, 1.165) is 24.1 Å². The number of anilines is 1. The predicted octanol–water partition coefficient (Wildman–Crippen LogP) is 3.77. The Kier molecular flexibility index (Phi) is 2.78. The monoisotopic (exact) mass is 233 g/mol. The summed E-state index contributed by atoms with van der Waals surface area (Å²) >= 11 is 0. The summed E-state index contributed by atoms with van der Waals surface area (Å²) < 4.78 is 0. The summed E-state index contributed by atoms with van der Waals surface area (Å²) in [4.78, 5) is 0. The fourth-order valence-electron chi connectivity index (χ4n) is 2.61. The van der Waals surface area contributed by atoms with Crippen molar-refractivity contribution in [2.75, 3.05) is 5.32 Å². The number of aryl methyl sites for hydroxylation is 1. The van der Waals surface area contributed by atoms with Crippen LogP contribution in [0.2, 0.25) is 0 Å². The van der Waals surface area contributed by atoms with E-state index in [0.29, 0.717) is 6.04 Å². The molecule has 1 heteroatoms. The number of hydrogen-bond acceptors (Lipinski definition) is 1. The highest BCUT2D eigenvalue weighted by molar-refractivity contribution is 5.52. The Morgan fingerprint density at radius 1 is 1.11 bits per heavy atom. The molecule has 0 heterocycles. The summed E-state index contributed by atoms with van der Waals surface area (Å²) in [7, 11) is 0. The first-order chi connectivity index (χ1) is 8.86. The van der Waals surface area contributed by atoms with Crippen LogP contribution in [0.5, 0.6) is 0 Å². The van der Waals surface area contributed by atoms with Gasteiger partial charge in [-0.25, -0.2) is 0 Å². The second kappa shape index (κ2) is 4.58. The molecule has 1 atom stereocenters. The first-order valence-corrected chi connectivity index (χ1v) is 6.28. The SMILES string of the molecule is C#Cc1cccc(NC2CCc3ccccc32)c1. The molecule has 1 aliphatic carbocycles. The Morgan fingerprint density at radius 2 is 2.00 bits per heavy atom. The molecule has 1 N–H and O–H groups in total. The van der Waals surface area contributed by atoms with Crippen molar-refractivity contribution in [3.05, 3.63) is 65.2 Å². The van der Waals surface area contributed by atoms with E-state index >= 15 is 0 Å². The van der Waals surface area contributed by atoms with Gasteiger partial charge >= 0.3 is 0 Å². The number of terminal acetylenes is 1. The molecule has 0 radical (unpaired) electrons. The van der Waals surface area contributed by atoms with Crippen LogP contribution in [0.15, 0.2) is 48.5 Å². The minimum atomic E-state index is 0.411. The molecule has 88 valence electrons. The Morgan fingerprint density at radius 3 is 2.89 bits per heavy atom. The first kappa shape index (κ1) is 10.9. The van der Waals surface area contributed by atoms with Crippen molar-refractivity contribution in [2.45, 2.75) is 18.9 Å². The minimum Gasteiger partial charge on any atom is -0.378 e. The Hall–Kier alpha value is -2.20. The minimum absolute atomic E-state index is 0.411. The molecule has 0 fully saturated rings. The van der Waals surface area contributed by atoms with Gasteiger partial charge in [-0.1, -0.05) is 36.3 Å². The van der Waals surface area contributed by atoms with E-state index in [2.05, 4.69) is 41.6 Å². The van der Waals surface area contributed by atoms with Crippen LogP contribution in [0.1, 0.15) is 29.2 Å². The average molecular weight is 233 g/mol. The van der Waals surface area contributed by atoms with E-state index in [9.17, 15) is 0 Å². The highest BCUT2D eigenvalue weighted by Gasteiger charge is 2.21. The molecule has 2 aromatic carbocycles. The normalized spacial score (nSPS) is 16.9. The third-order valence-corrected chi connectivity index (χ3v) is 3.50. The van der Waals surface area contributed by atoms with Gasteiger partial charge in [-0.2, -0.15) is 0 Å². The van der Waals surface area contributed by atoms with Crippen molar-refractivity contribution >= 4 is 5.69 Å². The Bertz CT molecular complexity index is 607. The molecule has 0 amide bonds. The van der Waals surface area contributed by atoms with Crippen LogP contribution in [0.25, 0.3) is 0 Å². The number of nitrogens with one attached hydrogen (secondary N) is 1. The van der Waals surface area contributed by atoms with Gasteiger partial charge in [0.1, 0.15) is 0 Å². The summed E-state index contributed by atoms with van der Waals surface area (Å²) in [5.41, 5.74) is 4.91. The van der Waals surface area contributed by atoms with Crippen molar-refractivity contribution in [3.63, 3.8) is 0 Å². The summed E-state index contributed by atoms with van der Waals surface area (Å²) in [5.74, 6) is 2.67. The second-order valence-electron chi connectivity index (χ2n) is 4.66. The topological polar surface area (TPSA) is 12.0 Å². The molecule has 1 nitrogen and oxygen atoms in total. The van der Waals surface area contributed by atoms with Crippen molar-refractivity contribution in [3.8, 4) is 12.3 Å². The van der Waals surface area contributed by atoms with Crippen LogP contribution in [0.3, 0.4) is 0 Å². The zero-order valence-electron chi connectivity index (χ0n) is 10.2. The van der Waals surface area contributed by atoms with E-state index in [4.69, 9.17) is 6.42 Å². The van der Waals surface area contributed by atoms with Gasteiger partial charge in [-0.15, -0.1) is 6.42 Å². The fourth-order valence-corrected chi connectivity index (χ4v) is 2.61. The van der Waals surface area contributed by atoms with E-state index in [1.54, 1.807) is 0 Å². The van der Waals surface area contributed by atoms with Crippen molar-refractivity contribution in [2.24, 2.45) is 0 Å². The molecular formula is C17H15N. The molecule has 0 aliphatic heterocycles. The third-order valence-electron chi connectivity index (χ3n) is 3.50. The van der Waals surface area contributed by atoms with Crippen molar-refractivity contribution < 1.29 is 0 Å². The van der Waals surface area contributed by atoms with Crippen LogP contribution < -0.4 is 5.32 Å². The van der Waals surface area contributed by atoms with E-state index in [1.165, 1.54) is 11.1 Å². The van der Waals surface area contributed by atoms with Crippen LogP contribution >= 0.6 is 0 Å². The molecule has 3 rings (SSSR count). The molecule has 0 saturated heterocycles. The highest BCUT2D eigenvalue weighted by Crippen LogP contribution is 2.33. The average Bonchev–Trinajstić information content (AvgIpc) is 2.83. The van der Waals surface area contributed by atoms with Gasteiger partial charge in [-0.05, 0) is 42.2 Å².